The van der Waals surface area contributed by atoms with Crippen LogP contribution in [0, 0.1) is 11.3 Å². The smallest absolute Gasteiger partial charge is 0.338 e. The van der Waals surface area contributed by atoms with Crippen LogP contribution in [0.4, 0.5) is 0 Å². The van der Waals surface area contributed by atoms with Crippen molar-refractivity contribution in [3.05, 3.63) is 69.8 Å². The van der Waals surface area contributed by atoms with E-state index in [4.69, 9.17) is 10.00 Å². The van der Waals surface area contributed by atoms with E-state index < -0.39 is 0 Å². The quantitative estimate of drug-likeness (QED) is 0.542. The predicted molar refractivity (Wildman–Crippen MR) is 130 cm³/mol. The van der Waals surface area contributed by atoms with Crippen LogP contribution in [0.1, 0.15) is 101 Å². The lowest BCUT2D eigenvalue weighted by molar-refractivity contribution is 0.0599. The van der Waals surface area contributed by atoms with Gasteiger partial charge in [0.05, 0.1) is 24.3 Å². The molecule has 2 aliphatic rings. The van der Waals surface area contributed by atoms with Gasteiger partial charge in [-0.25, -0.2) is 4.79 Å². The molecular weight excluding hydrogens is 412 g/mol. The van der Waals surface area contributed by atoms with E-state index in [2.05, 4.69) is 19.1 Å². The number of nitrogens with zero attached hydrogens (tertiary/aromatic N) is 2. The molecule has 174 valence electrons. The van der Waals surface area contributed by atoms with Crippen molar-refractivity contribution in [3.63, 3.8) is 0 Å². The minimum Gasteiger partial charge on any atom is -0.465 e. The van der Waals surface area contributed by atoms with Crippen molar-refractivity contribution in [2.75, 3.05) is 20.2 Å². The first kappa shape index (κ1) is 24.5. The van der Waals surface area contributed by atoms with E-state index >= 15 is 0 Å². The van der Waals surface area contributed by atoms with E-state index in [9.17, 15) is 9.59 Å². The number of hydrogen-bond acceptors (Lipinski definition) is 4. The standard InChI is InChI=1S/C26H28N2O3.C2H6/c1-3-18-14-22(21-8-9-21)24(26(30)31-2)15-23(18)25(29)28-12-10-20(11-13-28)19-6-4-17(16-27)5-7-19;1-2/h4-7,14-15,20-21H,3,8-13H2,1-2H3;1-2H3. The summed E-state index contributed by atoms with van der Waals surface area (Å²) in [5.74, 6) is 0.442. The van der Waals surface area contributed by atoms with Crippen molar-refractivity contribution >= 4 is 11.9 Å². The number of benzene rings is 2. The zero-order valence-corrected chi connectivity index (χ0v) is 20.2. The van der Waals surface area contributed by atoms with Crippen LogP contribution in [0.5, 0.6) is 0 Å². The second-order valence-electron chi connectivity index (χ2n) is 8.52. The minimum absolute atomic E-state index is 0.00243. The molecule has 5 nitrogen and oxygen atoms in total. The number of hydrogen-bond donors (Lipinski definition) is 0. The first-order valence-electron chi connectivity index (χ1n) is 12.1. The zero-order valence-electron chi connectivity index (χ0n) is 20.2. The van der Waals surface area contributed by atoms with Crippen molar-refractivity contribution in [2.24, 2.45) is 0 Å². The lowest BCUT2D eigenvalue weighted by Gasteiger charge is -2.33. The van der Waals surface area contributed by atoms with Crippen LogP contribution in [-0.4, -0.2) is 37.0 Å². The van der Waals surface area contributed by atoms with Crippen molar-refractivity contribution in [2.45, 2.75) is 64.7 Å². The van der Waals surface area contributed by atoms with Gasteiger partial charge in [-0.05, 0) is 78.8 Å². The summed E-state index contributed by atoms with van der Waals surface area (Å²) in [4.78, 5) is 27.7. The van der Waals surface area contributed by atoms with Crippen LogP contribution >= 0.6 is 0 Å². The number of amides is 1. The van der Waals surface area contributed by atoms with Crippen molar-refractivity contribution in [1.82, 2.24) is 4.90 Å². The summed E-state index contributed by atoms with van der Waals surface area (Å²) in [5, 5.41) is 8.98. The summed E-state index contributed by atoms with van der Waals surface area (Å²) in [6.45, 7) is 7.42. The summed E-state index contributed by atoms with van der Waals surface area (Å²) < 4.78 is 5.00. The Kier molecular flexibility index (Phi) is 8.27. The Morgan fingerprint density at radius 1 is 1.00 bits per heavy atom. The molecule has 1 aliphatic carbocycles. The van der Waals surface area contributed by atoms with Crippen molar-refractivity contribution in [1.29, 1.82) is 5.26 Å². The Balaban J connectivity index is 0.00000149. The summed E-state index contributed by atoms with van der Waals surface area (Å²) in [5.41, 5.74) is 5.09. The Labute approximate surface area is 197 Å². The van der Waals surface area contributed by atoms with Gasteiger partial charge in [-0.1, -0.05) is 39.0 Å². The molecule has 33 heavy (non-hydrogen) atoms. The molecule has 0 N–H and O–H groups in total. The molecule has 2 fully saturated rings. The number of rotatable bonds is 5. The SMILES string of the molecule is CC.CCc1cc(C2CC2)c(C(=O)OC)cc1C(=O)N1CCC(c2ccc(C#N)cc2)CC1. The topological polar surface area (TPSA) is 70.4 Å². The molecule has 5 heteroatoms. The highest BCUT2D eigenvalue weighted by molar-refractivity contribution is 6.00. The predicted octanol–water partition coefficient (Wildman–Crippen LogP) is 5.83. The maximum absolute atomic E-state index is 13.4. The van der Waals surface area contributed by atoms with E-state index in [0.29, 0.717) is 41.6 Å². The van der Waals surface area contributed by atoms with E-state index in [-0.39, 0.29) is 11.9 Å². The number of carbonyl (C=O) groups excluding carboxylic acids is 2. The molecule has 1 saturated heterocycles. The van der Waals surface area contributed by atoms with E-state index in [1.165, 1.54) is 12.7 Å². The van der Waals surface area contributed by atoms with Gasteiger partial charge in [0.2, 0.25) is 0 Å². The number of piperidine rings is 1. The van der Waals surface area contributed by atoms with Crippen molar-refractivity contribution < 1.29 is 14.3 Å². The fraction of sp³-hybridized carbons (Fsp3) is 0.464. The number of carbonyl (C=O) groups is 2. The monoisotopic (exact) mass is 446 g/mol. The van der Waals surface area contributed by atoms with Crippen LogP contribution in [0.15, 0.2) is 36.4 Å². The molecular formula is C28H34N2O3. The van der Waals surface area contributed by atoms with Crippen LogP contribution in [-0.2, 0) is 11.2 Å². The van der Waals surface area contributed by atoms with Gasteiger partial charge in [0.1, 0.15) is 0 Å². The Morgan fingerprint density at radius 2 is 1.64 bits per heavy atom. The van der Waals surface area contributed by atoms with E-state index in [1.807, 2.05) is 43.0 Å². The van der Waals surface area contributed by atoms with E-state index in [1.54, 1.807) is 6.07 Å². The summed E-state index contributed by atoms with van der Waals surface area (Å²) in [6, 6.07) is 13.7. The second-order valence-corrected chi connectivity index (χ2v) is 8.52. The third-order valence-electron chi connectivity index (χ3n) is 6.60. The molecule has 1 amide bonds. The normalized spacial score (nSPS) is 15.8. The third-order valence-corrected chi connectivity index (χ3v) is 6.60. The third kappa shape index (κ3) is 5.45. The van der Waals surface area contributed by atoms with Gasteiger partial charge in [-0.15, -0.1) is 0 Å². The highest BCUT2D eigenvalue weighted by Crippen LogP contribution is 2.43. The van der Waals surface area contributed by atoms with Gasteiger partial charge in [-0.2, -0.15) is 5.26 Å². The van der Waals surface area contributed by atoms with Gasteiger partial charge in [0.25, 0.3) is 5.91 Å². The van der Waals surface area contributed by atoms with E-state index in [0.717, 1.165) is 43.2 Å². The van der Waals surface area contributed by atoms with Crippen LogP contribution in [0.25, 0.3) is 0 Å². The highest BCUT2D eigenvalue weighted by Gasteiger charge is 2.32. The first-order valence-corrected chi connectivity index (χ1v) is 12.1. The number of aryl methyl sites for hydroxylation is 1. The second kappa shape index (κ2) is 11.1. The summed E-state index contributed by atoms with van der Waals surface area (Å²) in [6.07, 6.45) is 4.71. The summed E-state index contributed by atoms with van der Waals surface area (Å²) in [7, 11) is 1.39. The molecule has 0 spiro atoms. The minimum atomic E-state index is -0.363. The molecule has 0 atom stereocenters. The molecule has 2 aromatic rings. The number of likely N-dealkylation sites (tertiary alicyclic amines) is 1. The molecule has 0 radical (unpaired) electrons. The van der Waals surface area contributed by atoms with Gasteiger partial charge >= 0.3 is 5.97 Å². The molecule has 0 aromatic heterocycles. The molecule has 1 saturated carbocycles. The van der Waals surface area contributed by atoms with Crippen LogP contribution < -0.4 is 0 Å². The average Bonchev–Trinajstić information content (AvgIpc) is 3.74. The maximum Gasteiger partial charge on any atom is 0.338 e. The maximum atomic E-state index is 13.4. The fourth-order valence-electron chi connectivity index (χ4n) is 4.59. The van der Waals surface area contributed by atoms with Crippen LogP contribution in [0.2, 0.25) is 0 Å². The number of esters is 1. The average molecular weight is 447 g/mol. The van der Waals surface area contributed by atoms with Gasteiger partial charge in [0, 0.05) is 18.7 Å². The largest absolute Gasteiger partial charge is 0.465 e. The fourth-order valence-corrected chi connectivity index (χ4v) is 4.59. The summed E-state index contributed by atoms with van der Waals surface area (Å²) >= 11 is 0. The number of methoxy groups -OCH3 is 1. The molecule has 2 aromatic carbocycles. The Morgan fingerprint density at radius 3 is 2.15 bits per heavy atom. The Bertz CT molecular complexity index is 1020. The molecule has 0 unspecified atom stereocenters. The molecule has 0 bridgehead atoms. The molecule has 4 rings (SSSR count). The van der Waals surface area contributed by atoms with Crippen LogP contribution in [0.3, 0.4) is 0 Å². The highest BCUT2D eigenvalue weighted by atomic mass is 16.5. The Hall–Kier alpha value is -3.13. The first-order chi connectivity index (χ1) is 16.0. The molecule has 1 aliphatic heterocycles. The lowest BCUT2D eigenvalue weighted by Crippen LogP contribution is -2.38. The zero-order chi connectivity index (χ0) is 24.0. The number of ether oxygens (including phenoxy) is 1. The lowest BCUT2D eigenvalue weighted by atomic mass is 9.88. The van der Waals surface area contributed by atoms with Crippen molar-refractivity contribution in [3.8, 4) is 6.07 Å². The number of nitriles is 1. The molecule has 1 heterocycles. The van der Waals surface area contributed by atoms with Gasteiger partial charge in [-0.3, -0.25) is 4.79 Å². The van der Waals surface area contributed by atoms with Gasteiger partial charge in [0.15, 0.2) is 0 Å². The van der Waals surface area contributed by atoms with Gasteiger partial charge < -0.3 is 9.64 Å².